The van der Waals surface area contributed by atoms with Crippen molar-refractivity contribution in [3.05, 3.63) is 71.3 Å². The molecule has 0 aliphatic carbocycles. The lowest BCUT2D eigenvalue weighted by Crippen LogP contribution is -2.38. The Morgan fingerprint density at radius 1 is 0.966 bits per heavy atom. The summed E-state index contributed by atoms with van der Waals surface area (Å²) >= 11 is 0. The van der Waals surface area contributed by atoms with Gasteiger partial charge in [0.15, 0.2) is 0 Å². The van der Waals surface area contributed by atoms with Gasteiger partial charge < -0.3 is 9.57 Å². The van der Waals surface area contributed by atoms with Crippen LogP contribution in [0.5, 0.6) is 0 Å². The number of rotatable bonds is 5. The van der Waals surface area contributed by atoms with Crippen LogP contribution < -0.4 is 0 Å². The van der Waals surface area contributed by atoms with Crippen molar-refractivity contribution >= 4 is 11.9 Å². The van der Waals surface area contributed by atoms with E-state index in [4.69, 9.17) is 9.57 Å². The van der Waals surface area contributed by atoms with Crippen molar-refractivity contribution in [1.29, 1.82) is 0 Å². The topological polar surface area (TPSA) is 55.8 Å². The van der Waals surface area contributed by atoms with Crippen LogP contribution in [0.4, 0.5) is 0 Å². The number of hydroxylamine groups is 2. The number of piperidine rings is 1. The molecular weight excluding hydrogens is 366 g/mol. The Balaban J connectivity index is 1.49. The first-order valence-corrected chi connectivity index (χ1v) is 10.1. The van der Waals surface area contributed by atoms with E-state index in [2.05, 4.69) is 0 Å². The molecule has 1 saturated heterocycles. The predicted octanol–water partition coefficient (Wildman–Crippen LogP) is 4.73. The summed E-state index contributed by atoms with van der Waals surface area (Å²) in [5, 5.41) is 1.76. The minimum Gasteiger partial charge on any atom is -0.457 e. The molecule has 0 unspecified atom stereocenters. The van der Waals surface area contributed by atoms with Crippen molar-refractivity contribution in [2.45, 2.75) is 46.1 Å². The van der Waals surface area contributed by atoms with Gasteiger partial charge in [-0.3, -0.25) is 0 Å². The summed E-state index contributed by atoms with van der Waals surface area (Å²) < 4.78 is 5.38. The average molecular weight is 395 g/mol. The summed E-state index contributed by atoms with van der Waals surface area (Å²) in [6.07, 6.45) is 1.82. The summed E-state index contributed by atoms with van der Waals surface area (Å²) in [5.74, 6) is -0.118. The standard InChI is InChI=1S/C24H29NO4/c1-24(2,3)23(27)29-25-15-13-20(14-16-25)19-9-11-21(12-10-19)22(26)28-17-18-7-5-4-6-8-18/h4-12,20H,13-17H2,1-3H3. The Kier molecular flexibility index (Phi) is 6.70. The number of carbonyl (C=O) groups excluding carboxylic acids is 2. The van der Waals surface area contributed by atoms with Gasteiger partial charge in [-0.1, -0.05) is 42.5 Å². The zero-order valence-corrected chi connectivity index (χ0v) is 17.4. The van der Waals surface area contributed by atoms with E-state index >= 15 is 0 Å². The summed E-state index contributed by atoms with van der Waals surface area (Å²) in [5.41, 5.74) is 2.23. The molecule has 2 aromatic rings. The minimum absolute atomic E-state index is 0.200. The largest absolute Gasteiger partial charge is 0.457 e. The second-order valence-corrected chi connectivity index (χ2v) is 8.52. The fraction of sp³-hybridized carbons (Fsp3) is 0.417. The second-order valence-electron chi connectivity index (χ2n) is 8.52. The lowest BCUT2D eigenvalue weighted by Gasteiger charge is -2.32. The molecule has 0 saturated carbocycles. The maximum atomic E-state index is 12.3. The van der Waals surface area contributed by atoms with Gasteiger partial charge in [0, 0.05) is 13.1 Å². The van der Waals surface area contributed by atoms with Crippen LogP contribution in [0.3, 0.4) is 0 Å². The molecule has 0 N–H and O–H groups in total. The number of benzene rings is 2. The molecule has 0 spiro atoms. The van der Waals surface area contributed by atoms with Crippen molar-refractivity contribution in [2.24, 2.45) is 5.41 Å². The van der Waals surface area contributed by atoms with Gasteiger partial charge in [-0.2, -0.15) is 0 Å². The number of nitrogens with zero attached hydrogens (tertiary/aromatic N) is 1. The third-order valence-electron chi connectivity index (χ3n) is 5.11. The first-order chi connectivity index (χ1) is 13.8. The van der Waals surface area contributed by atoms with E-state index in [1.54, 1.807) is 5.06 Å². The molecule has 0 atom stereocenters. The van der Waals surface area contributed by atoms with Crippen molar-refractivity contribution < 1.29 is 19.2 Å². The molecule has 0 bridgehead atoms. The molecule has 0 aromatic heterocycles. The van der Waals surface area contributed by atoms with E-state index in [1.807, 2.05) is 75.4 Å². The number of carbonyl (C=O) groups is 2. The van der Waals surface area contributed by atoms with E-state index < -0.39 is 5.41 Å². The van der Waals surface area contributed by atoms with Crippen molar-refractivity contribution in [1.82, 2.24) is 5.06 Å². The zero-order valence-electron chi connectivity index (χ0n) is 17.4. The van der Waals surface area contributed by atoms with Gasteiger partial charge in [0.1, 0.15) is 6.61 Å². The maximum absolute atomic E-state index is 12.3. The van der Waals surface area contributed by atoms with Crippen LogP contribution >= 0.6 is 0 Å². The fourth-order valence-electron chi connectivity index (χ4n) is 3.23. The molecule has 3 rings (SSSR count). The minimum atomic E-state index is -0.498. The molecule has 5 nitrogen and oxygen atoms in total. The zero-order chi connectivity index (χ0) is 20.9. The molecule has 2 aromatic carbocycles. The monoisotopic (exact) mass is 395 g/mol. The summed E-state index contributed by atoms with van der Waals surface area (Å²) in [4.78, 5) is 29.8. The van der Waals surface area contributed by atoms with Crippen LogP contribution in [0.25, 0.3) is 0 Å². The third-order valence-corrected chi connectivity index (χ3v) is 5.11. The Morgan fingerprint density at radius 3 is 2.17 bits per heavy atom. The number of hydrogen-bond acceptors (Lipinski definition) is 5. The number of esters is 1. The quantitative estimate of drug-likeness (QED) is 0.685. The van der Waals surface area contributed by atoms with Gasteiger partial charge in [0.05, 0.1) is 11.0 Å². The highest BCUT2D eigenvalue weighted by molar-refractivity contribution is 5.89. The van der Waals surface area contributed by atoms with Crippen molar-refractivity contribution in [2.75, 3.05) is 13.1 Å². The lowest BCUT2D eigenvalue weighted by atomic mass is 9.89. The number of hydrogen-bond donors (Lipinski definition) is 0. The van der Waals surface area contributed by atoms with E-state index in [1.165, 1.54) is 5.56 Å². The van der Waals surface area contributed by atoms with Crippen LogP contribution in [0.1, 0.15) is 61.0 Å². The van der Waals surface area contributed by atoms with Crippen LogP contribution in [0, 0.1) is 5.41 Å². The lowest BCUT2D eigenvalue weighted by molar-refractivity contribution is -0.204. The van der Waals surface area contributed by atoms with Gasteiger partial charge in [0.2, 0.25) is 0 Å². The first-order valence-electron chi connectivity index (χ1n) is 10.1. The molecule has 29 heavy (non-hydrogen) atoms. The van der Waals surface area contributed by atoms with Crippen LogP contribution in [0.15, 0.2) is 54.6 Å². The summed E-state index contributed by atoms with van der Waals surface area (Å²) in [6.45, 7) is 7.27. The third kappa shape index (κ3) is 5.91. The maximum Gasteiger partial charge on any atom is 0.338 e. The predicted molar refractivity (Wildman–Crippen MR) is 111 cm³/mol. The van der Waals surface area contributed by atoms with Crippen LogP contribution in [0.2, 0.25) is 0 Å². The molecule has 1 heterocycles. The Bertz CT molecular complexity index is 816. The highest BCUT2D eigenvalue weighted by atomic mass is 16.7. The molecule has 0 radical (unpaired) electrons. The molecular formula is C24H29NO4. The normalized spacial score (nSPS) is 15.7. The first kappa shape index (κ1) is 21.1. The molecule has 1 aliphatic heterocycles. The van der Waals surface area contributed by atoms with E-state index in [-0.39, 0.29) is 18.5 Å². The van der Waals surface area contributed by atoms with Crippen molar-refractivity contribution in [3.63, 3.8) is 0 Å². The molecule has 5 heteroatoms. The van der Waals surface area contributed by atoms with Gasteiger partial charge in [0.25, 0.3) is 0 Å². The molecule has 0 amide bonds. The Hall–Kier alpha value is -2.66. The van der Waals surface area contributed by atoms with Crippen LogP contribution in [-0.4, -0.2) is 30.1 Å². The van der Waals surface area contributed by atoms with E-state index in [0.29, 0.717) is 24.6 Å². The van der Waals surface area contributed by atoms with E-state index in [0.717, 1.165) is 18.4 Å². The summed E-state index contributed by atoms with van der Waals surface area (Å²) in [7, 11) is 0. The Labute approximate surface area is 172 Å². The SMILES string of the molecule is CC(C)(C)C(=O)ON1CCC(c2ccc(C(=O)OCc3ccccc3)cc2)CC1. The summed E-state index contributed by atoms with van der Waals surface area (Å²) in [6, 6.07) is 17.3. The average Bonchev–Trinajstić information content (AvgIpc) is 2.73. The Morgan fingerprint density at radius 2 is 1.59 bits per heavy atom. The second kappa shape index (κ2) is 9.23. The molecule has 1 aliphatic rings. The van der Waals surface area contributed by atoms with Gasteiger partial charge >= 0.3 is 11.9 Å². The van der Waals surface area contributed by atoms with Crippen LogP contribution in [-0.2, 0) is 21.0 Å². The fourth-order valence-corrected chi connectivity index (χ4v) is 3.23. The van der Waals surface area contributed by atoms with Gasteiger partial charge in [-0.25, -0.2) is 9.59 Å². The highest BCUT2D eigenvalue weighted by Gasteiger charge is 2.28. The van der Waals surface area contributed by atoms with Crippen molar-refractivity contribution in [3.8, 4) is 0 Å². The van der Waals surface area contributed by atoms with Gasteiger partial charge in [-0.05, 0) is 62.8 Å². The smallest absolute Gasteiger partial charge is 0.338 e. The van der Waals surface area contributed by atoms with E-state index in [9.17, 15) is 9.59 Å². The highest BCUT2D eigenvalue weighted by Crippen LogP contribution is 2.29. The molecule has 154 valence electrons. The van der Waals surface area contributed by atoms with Gasteiger partial charge in [-0.15, -0.1) is 5.06 Å². The number of ether oxygens (including phenoxy) is 1. The molecule has 1 fully saturated rings.